The quantitative estimate of drug-likeness (QED) is 0.845. The predicted molar refractivity (Wildman–Crippen MR) is 83.6 cm³/mol. The third-order valence-electron chi connectivity index (χ3n) is 3.36. The highest BCUT2D eigenvalue weighted by Crippen LogP contribution is 2.14. The van der Waals surface area contributed by atoms with Gasteiger partial charge in [-0.2, -0.15) is 0 Å². The van der Waals surface area contributed by atoms with Gasteiger partial charge in [-0.05, 0) is 37.5 Å². The summed E-state index contributed by atoms with van der Waals surface area (Å²) in [7, 11) is 0. The summed E-state index contributed by atoms with van der Waals surface area (Å²) >= 11 is 0. The first-order valence-corrected chi connectivity index (χ1v) is 7.10. The van der Waals surface area contributed by atoms with Crippen LogP contribution >= 0.6 is 0 Å². The second kappa shape index (κ2) is 6.89. The van der Waals surface area contributed by atoms with Crippen LogP contribution < -0.4 is 11.1 Å². The van der Waals surface area contributed by atoms with Crippen molar-refractivity contribution in [3.05, 3.63) is 47.3 Å². The standard InChI is InChI=1S/C16H22N4/c1-3-4-5-13-6-8-15(9-7-13)18-10-14-11-19-16(17)20-12(14)2/h6-9,11,18H,3-5,10H2,1-2H3,(H2,17,19,20). The van der Waals surface area contributed by atoms with Crippen molar-refractivity contribution in [2.75, 3.05) is 11.1 Å². The highest BCUT2D eigenvalue weighted by molar-refractivity contribution is 5.45. The lowest BCUT2D eigenvalue weighted by Gasteiger charge is -2.09. The molecule has 3 N–H and O–H groups in total. The third kappa shape index (κ3) is 3.95. The number of nitrogens with one attached hydrogen (secondary N) is 1. The fourth-order valence-corrected chi connectivity index (χ4v) is 2.05. The molecule has 0 spiro atoms. The van der Waals surface area contributed by atoms with Crippen LogP contribution in [-0.4, -0.2) is 9.97 Å². The van der Waals surface area contributed by atoms with Crippen LogP contribution in [0.1, 0.15) is 36.6 Å². The maximum atomic E-state index is 5.55. The van der Waals surface area contributed by atoms with Crippen molar-refractivity contribution in [2.24, 2.45) is 0 Å². The minimum atomic E-state index is 0.325. The first-order chi connectivity index (χ1) is 9.69. The van der Waals surface area contributed by atoms with Gasteiger partial charge >= 0.3 is 0 Å². The van der Waals surface area contributed by atoms with E-state index in [1.165, 1.54) is 18.4 Å². The Morgan fingerprint density at radius 3 is 2.60 bits per heavy atom. The number of nitrogens with two attached hydrogens (primary N) is 1. The van der Waals surface area contributed by atoms with Crippen LogP contribution in [0.15, 0.2) is 30.5 Å². The Kier molecular flexibility index (Phi) is 4.93. The fraction of sp³-hybridized carbons (Fsp3) is 0.375. The number of benzene rings is 1. The zero-order valence-corrected chi connectivity index (χ0v) is 12.2. The van der Waals surface area contributed by atoms with Gasteiger partial charge in [-0.25, -0.2) is 9.97 Å². The average Bonchev–Trinajstić information content (AvgIpc) is 2.45. The van der Waals surface area contributed by atoms with E-state index in [-0.39, 0.29) is 0 Å². The molecule has 4 heteroatoms. The largest absolute Gasteiger partial charge is 0.381 e. The predicted octanol–water partition coefficient (Wildman–Crippen LogP) is 3.32. The Bertz CT molecular complexity index is 549. The second-order valence-corrected chi connectivity index (χ2v) is 4.99. The van der Waals surface area contributed by atoms with Crippen molar-refractivity contribution < 1.29 is 0 Å². The van der Waals surface area contributed by atoms with Gasteiger partial charge in [-0.3, -0.25) is 0 Å². The van der Waals surface area contributed by atoms with Crippen LogP contribution in [0.4, 0.5) is 11.6 Å². The SMILES string of the molecule is CCCCc1ccc(NCc2cnc(N)nc2C)cc1. The minimum absolute atomic E-state index is 0.325. The molecule has 0 bridgehead atoms. The summed E-state index contributed by atoms with van der Waals surface area (Å²) in [5.41, 5.74) is 10.0. The second-order valence-electron chi connectivity index (χ2n) is 4.99. The van der Waals surface area contributed by atoms with Gasteiger partial charge in [-0.1, -0.05) is 25.5 Å². The fourth-order valence-electron chi connectivity index (χ4n) is 2.05. The van der Waals surface area contributed by atoms with Gasteiger partial charge in [0, 0.05) is 29.7 Å². The third-order valence-corrected chi connectivity index (χ3v) is 3.36. The number of hydrogen-bond acceptors (Lipinski definition) is 4. The molecule has 2 rings (SSSR count). The van der Waals surface area contributed by atoms with E-state index in [9.17, 15) is 0 Å². The average molecular weight is 270 g/mol. The lowest BCUT2D eigenvalue weighted by Crippen LogP contribution is -2.05. The minimum Gasteiger partial charge on any atom is -0.381 e. The first kappa shape index (κ1) is 14.3. The van der Waals surface area contributed by atoms with Crippen molar-refractivity contribution in [1.82, 2.24) is 9.97 Å². The van der Waals surface area contributed by atoms with Gasteiger partial charge in [0.25, 0.3) is 0 Å². The highest BCUT2D eigenvalue weighted by atomic mass is 15.0. The van der Waals surface area contributed by atoms with Gasteiger partial charge in [-0.15, -0.1) is 0 Å². The summed E-state index contributed by atoms with van der Waals surface area (Å²) in [6, 6.07) is 8.62. The molecule has 1 heterocycles. The first-order valence-electron chi connectivity index (χ1n) is 7.10. The van der Waals surface area contributed by atoms with Crippen LogP contribution in [0.3, 0.4) is 0 Å². The van der Waals surface area contributed by atoms with Crippen LogP contribution in [0.2, 0.25) is 0 Å². The van der Waals surface area contributed by atoms with Crippen LogP contribution in [-0.2, 0) is 13.0 Å². The Morgan fingerprint density at radius 2 is 1.95 bits per heavy atom. The van der Waals surface area contributed by atoms with Gasteiger partial charge in [0.2, 0.25) is 5.95 Å². The van der Waals surface area contributed by atoms with E-state index in [0.29, 0.717) is 12.5 Å². The Hall–Kier alpha value is -2.10. The normalized spacial score (nSPS) is 10.5. The van der Waals surface area contributed by atoms with E-state index in [0.717, 1.165) is 23.4 Å². The van der Waals surface area contributed by atoms with Gasteiger partial charge in [0.1, 0.15) is 0 Å². The lowest BCUT2D eigenvalue weighted by atomic mass is 10.1. The van der Waals surface area contributed by atoms with E-state index < -0.39 is 0 Å². The molecule has 0 saturated heterocycles. The zero-order chi connectivity index (χ0) is 14.4. The number of hydrogen-bond donors (Lipinski definition) is 2. The maximum absolute atomic E-state index is 5.55. The molecule has 0 atom stereocenters. The zero-order valence-electron chi connectivity index (χ0n) is 12.2. The summed E-state index contributed by atoms with van der Waals surface area (Å²) < 4.78 is 0. The molecule has 0 fully saturated rings. The molecule has 0 aliphatic rings. The van der Waals surface area contributed by atoms with Crippen LogP contribution in [0.25, 0.3) is 0 Å². The van der Waals surface area contributed by atoms with Crippen LogP contribution in [0, 0.1) is 6.92 Å². The molecule has 0 aliphatic heterocycles. The molecule has 0 unspecified atom stereocenters. The number of nitrogen functional groups attached to an aromatic ring is 1. The number of anilines is 2. The molecule has 1 aromatic heterocycles. The van der Waals surface area contributed by atoms with Crippen molar-refractivity contribution in [2.45, 2.75) is 39.7 Å². The summed E-state index contributed by atoms with van der Waals surface area (Å²) in [6.45, 7) is 4.87. The number of nitrogens with zero attached hydrogens (tertiary/aromatic N) is 2. The van der Waals surface area contributed by atoms with Crippen molar-refractivity contribution >= 4 is 11.6 Å². The number of rotatable bonds is 6. The van der Waals surface area contributed by atoms with E-state index in [1.54, 1.807) is 6.20 Å². The highest BCUT2D eigenvalue weighted by Gasteiger charge is 2.01. The van der Waals surface area contributed by atoms with E-state index in [2.05, 4.69) is 46.5 Å². The Morgan fingerprint density at radius 1 is 1.20 bits per heavy atom. The molecule has 1 aromatic carbocycles. The maximum Gasteiger partial charge on any atom is 0.220 e. The number of aromatic nitrogens is 2. The van der Waals surface area contributed by atoms with Gasteiger partial charge in [0.15, 0.2) is 0 Å². The van der Waals surface area contributed by atoms with E-state index >= 15 is 0 Å². The molecule has 2 aromatic rings. The molecule has 4 nitrogen and oxygen atoms in total. The van der Waals surface area contributed by atoms with E-state index in [4.69, 9.17) is 5.73 Å². The number of unbranched alkanes of at least 4 members (excludes halogenated alkanes) is 1. The molecular weight excluding hydrogens is 248 g/mol. The van der Waals surface area contributed by atoms with Crippen molar-refractivity contribution in [3.8, 4) is 0 Å². The van der Waals surface area contributed by atoms with Crippen LogP contribution in [0.5, 0.6) is 0 Å². The van der Waals surface area contributed by atoms with Crippen molar-refractivity contribution in [1.29, 1.82) is 0 Å². The smallest absolute Gasteiger partial charge is 0.220 e. The molecule has 20 heavy (non-hydrogen) atoms. The van der Waals surface area contributed by atoms with Crippen molar-refractivity contribution in [3.63, 3.8) is 0 Å². The monoisotopic (exact) mass is 270 g/mol. The number of aryl methyl sites for hydroxylation is 2. The summed E-state index contributed by atoms with van der Waals surface area (Å²) in [5, 5.41) is 3.38. The van der Waals surface area contributed by atoms with E-state index in [1.807, 2.05) is 6.92 Å². The van der Waals surface area contributed by atoms with Gasteiger partial charge < -0.3 is 11.1 Å². The summed E-state index contributed by atoms with van der Waals surface area (Å²) in [5.74, 6) is 0.325. The molecule has 0 saturated carbocycles. The summed E-state index contributed by atoms with van der Waals surface area (Å²) in [4.78, 5) is 8.19. The lowest BCUT2D eigenvalue weighted by molar-refractivity contribution is 0.795. The summed E-state index contributed by atoms with van der Waals surface area (Å²) in [6.07, 6.45) is 5.41. The molecule has 0 amide bonds. The Labute approximate surface area is 120 Å². The molecule has 106 valence electrons. The Balaban J connectivity index is 1.93. The molecular formula is C16H22N4. The molecule has 0 aliphatic carbocycles. The van der Waals surface area contributed by atoms with Gasteiger partial charge in [0.05, 0.1) is 0 Å². The topological polar surface area (TPSA) is 63.8 Å². The molecule has 0 radical (unpaired) electrons.